The standard InChI is InChI=1S/C19H32N2O3/c1-4-7-8-9-15-23-18-12-10-17(11-13-18)20-19(22)24-16-14-21(5-2)6-3/h10-13H,4-9,14-16H2,1-3H3,(H,20,22). The third-order valence-corrected chi connectivity index (χ3v) is 3.90. The number of rotatable bonds is 12. The molecule has 136 valence electrons. The van der Waals surface area contributed by atoms with Gasteiger partial charge in [-0.25, -0.2) is 4.79 Å². The zero-order valence-corrected chi connectivity index (χ0v) is 15.3. The largest absolute Gasteiger partial charge is 0.494 e. The van der Waals surface area contributed by atoms with Crippen molar-refractivity contribution in [2.45, 2.75) is 46.5 Å². The second-order valence-electron chi connectivity index (χ2n) is 5.72. The maximum absolute atomic E-state index is 11.7. The molecule has 1 aromatic rings. The molecule has 0 fully saturated rings. The molecule has 1 aromatic carbocycles. The maximum Gasteiger partial charge on any atom is 0.411 e. The van der Waals surface area contributed by atoms with E-state index < -0.39 is 6.09 Å². The van der Waals surface area contributed by atoms with Crippen molar-refractivity contribution in [3.8, 4) is 5.75 Å². The highest BCUT2D eigenvalue weighted by Crippen LogP contribution is 2.16. The fraction of sp³-hybridized carbons (Fsp3) is 0.632. The van der Waals surface area contributed by atoms with E-state index in [1.165, 1.54) is 19.3 Å². The number of anilines is 1. The second kappa shape index (κ2) is 12.6. The second-order valence-corrected chi connectivity index (χ2v) is 5.72. The van der Waals surface area contributed by atoms with Gasteiger partial charge in [-0.1, -0.05) is 40.0 Å². The molecular weight excluding hydrogens is 304 g/mol. The fourth-order valence-electron chi connectivity index (χ4n) is 2.31. The van der Waals surface area contributed by atoms with Gasteiger partial charge in [0, 0.05) is 12.2 Å². The van der Waals surface area contributed by atoms with Gasteiger partial charge in [-0.3, -0.25) is 5.32 Å². The Labute approximate surface area is 146 Å². The number of ether oxygens (including phenoxy) is 2. The first kappa shape index (κ1) is 20.3. The third kappa shape index (κ3) is 8.77. The molecule has 0 saturated carbocycles. The monoisotopic (exact) mass is 336 g/mol. The van der Waals surface area contributed by atoms with Crippen LogP contribution in [0.2, 0.25) is 0 Å². The third-order valence-electron chi connectivity index (χ3n) is 3.90. The van der Waals surface area contributed by atoms with Gasteiger partial charge in [-0.05, 0) is 43.8 Å². The minimum absolute atomic E-state index is 0.395. The Morgan fingerprint density at radius 2 is 1.71 bits per heavy atom. The molecule has 0 aromatic heterocycles. The first-order valence-corrected chi connectivity index (χ1v) is 9.08. The van der Waals surface area contributed by atoms with Crippen LogP contribution in [0.25, 0.3) is 0 Å². The molecule has 5 heteroatoms. The van der Waals surface area contributed by atoms with Crippen LogP contribution in [-0.2, 0) is 4.74 Å². The number of hydrogen-bond donors (Lipinski definition) is 1. The normalized spacial score (nSPS) is 10.7. The van der Waals surface area contributed by atoms with E-state index in [1.807, 2.05) is 24.3 Å². The van der Waals surface area contributed by atoms with Gasteiger partial charge in [0.1, 0.15) is 12.4 Å². The Morgan fingerprint density at radius 3 is 2.33 bits per heavy atom. The van der Waals surface area contributed by atoms with Gasteiger partial charge in [0.2, 0.25) is 0 Å². The molecule has 0 aliphatic rings. The lowest BCUT2D eigenvalue weighted by atomic mass is 10.2. The Hall–Kier alpha value is -1.75. The number of amides is 1. The van der Waals surface area contributed by atoms with E-state index in [-0.39, 0.29) is 0 Å². The predicted molar refractivity (Wildman–Crippen MR) is 98.8 cm³/mol. The molecule has 24 heavy (non-hydrogen) atoms. The average Bonchev–Trinajstić information content (AvgIpc) is 2.60. The molecule has 0 heterocycles. The zero-order chi connectivity index (χ0) is 17.6. The van der Waals surface area contributed by atoms with Crippen molar-refractivity contribution in [3.05, 3.63) is 24.3 Å². The molecule has 0 spiro atoms. The summed E-state index contributed by atoms with van der Waals surface area (Å²) in [6.45, 7) is 10.2. The molecule has 0 unspecified atom stereocenters. The molecule has 1 N–H and O–H groups in total. The van der Waals surface area contributed by atoms with Crippen molar-refractivity contribution >= 4 is 11.8 Å². The van der Waals surface area contributed by atoms with Crippen LogP contribution in [0.15, 0.2) is 24.3 Å². The van der Waals surface area contributed by atoms with Gasteiger partial charge in [-0.15, -0.1) is 0 Å². The molecule has 1 rings (SSSR count). The van der Waals surface area contributed by atoms with Crippen LogP contribution < -0.4 is 10.1 Å². The van der Waals surface area contributed by atoms with Gasteiger partial charge in [0.25, 0.3) is 0 Å². The Morgan fingerprint density at radius 1 is 1.00 bits per heavy atom. The number of benzene rings is 1. The van der Waals surface area contributed by atoms with E-state index in [9.17, 15) is 4.79 Å². The van der Waals surface area contributed by atoms with E-state index >= 15 is 0 Å². The first-order chi connectivity index (χ1) is 11.7. The lowest BCUT2D eigenvalue weighted by Crippen LogP contribution is -2.28. The molecule has 5 nitrogen and oxygen atoms in total. The highest BCUT2D eigenvalue weighted by atomic mass is 16.5. The number of unbranched alkanes of at least 4 members (excludes halogenated alkanes) is 3. The summed E-state index contributed by atoms with van der Waals surface area (Å²) in [5.41, 5.74) is 0.709. The predicted octanol–water partition coefficient (Wildman–Crippen LogP) is 4.54. The summed E-state index contributed by atoms with van der Waals surface area (Å²) >= 11 is 0. The molecule has 0 bridgehead atoms. The number of nitrogens with zero attached hydrogens (tertiary/aromatic N) is 1. The summed E-state index contributed by atoms with van der Waals surface area (Å²) < 4.78 is 10.9. The molecule has 0 radical (unpaired) electrons. The molecule has 1 amide bonds. The summed E-state index contributed by atoms with van der Waals surface area (Å²) in [6, 6.07) is 7.39. The Balaban J connectivity index is 2.24. The van der Waals surface area contributed by atoms with E-state index in [1.54, 1.807) is 0 Å². The number of hydrogen-bond acceptors (Lipinski definition) is 4. The molecule has 0 saturated heterocycles. The highest BCUT2D eigenvalue weighted by molar-refractivity contribution is 5.84. The quantitative estimate of drug-likeness (QED) is 0.570. The highest BCUT2D eigenvalue weighted by Gasteiger charge is 2.05. The lowest BCUT2D eigenvalue weighted by molar-refractivity contribution is 0.142. The minimum Gasteiger partial charge on any atom is -0.494 e. The van der Waals surface area contributed by atoms with Gasteiger partial charge in [-0.2, -0.15) is 0 Å². The van der Waals surface area contributed by atoms with Crippen LogP contribution in [0, 0.1) is 0 Å². The summed E-state index contributed by atoms with van der Waals surface area (Å²) in [6.07, 6.45) is 4.34. The van der Waals surface area contributed by atoms with Crippen LogP contribution in [0.3, 0.4) is 0 Å². The first-order valence-electron chi connectivity index (χ1n) is 9.08. The van der Waals surface area contributed by atoms with Gasteiger partial charge >= 0.3 is 6.09 Å². The fourth-order valence-corrected chi connectivity index (χ4v) is 2.31. The van der Waals surface area contributed by atoms with Gasteiger partial charge < -0.3 is 14.4 Å². The van der Waals surface area contributed by atoms with Crippen molar-refractivity contribution in [3.63, 3.8) is 0 Å². The van der Waals surface area contributed by atoms with Crippen LogP contribution >= 0.6 is 0 Å². The van der Waals surface area contributed by atoms with Crippen LogP contribution in [0.1, 0.15) is 46.5 Å². The van der Waals surface area contributed by atoms with E-state index in [0.29, 0.717) is 12.3 Å². The van der Waals surface area contributed by atoms with Crippen LogP contribution in [0.4, 0.5) is 10.5 Å². The van der Waals surface area contributed by atoms with Crippen LogP contribution in [-0.4, -0.2) is 43.8 Å². The molecular formula is C19H32N2O3. The average molecular weight is 336 g/mol. The van der Waals surface area contributed by atoms with Crippen molar-refractivity contribution in [2.75, 3.05) is 38.2 Å². The van der Waals surface area contributed by atoms with Gasteiger partial charge in [0.05, 0.1) is 6.61 Å². The summed E-state index contributed by atoms with van der Waals surface area (Å²) in [4.78, 5) is 14.0. The SMILES string of the molecule is CCCCCCOc1ccc(NC(=O)OCCN(CC)CC)cc1. The summed E-state index contributed by atoms with van der Waals surface area (Å²) in [7, 11) is 0. The van der Waals surface area contributed by atoms with Crippen molar-refractivity contribution in [1.29, 1.82) is 0 Å². The van der Waals surface area contributed by atoms with Crippen LogP contribution in [0.5, 0.6) is 5.75 Å². The number of carbonyl (C=O) groups is 1. The minimum atomic E-state index is -0.421. The van der Waals surface area contributed by atoms with E-state index in [4.69, 9.17) is 9.47 Å². The zero-order valence-electron chi connectivity index (χ0n) is 15.3. The molecule has 0 aliphatic heterocycles. The number of likely N-dealkylation sites (N-methyl/N-ethyl adjacent to an activating group) is 1. The van der Waals surface area contributed by atoms with E-state index in [0.717, 1.165) is 38.4 Å². The van der Waals surface area contributed by atoms with Gasteiger partial charge in [0.15, 0.2) is 0 Å². The molecule has 0 atom stereocenters. The Bertz CT molecular complexity index is 444. The molecule has 0 aliphatic carbocycles. The van der Waals surface area contributed by atoms with Crippen molar-refractivity contribution < 1.29 is 14.3 Å². The maximum atomic E-state index is 11.7. The smallest absolute Gasteiger partial charge is 0.411 e. The Kier molecular flexibility index (Phi) is 10.7. The summed E-state index contributed by atoms with van der Waals surface area (Å²) in [5.74, 6) is 0.826. The summed E-state index contributed by atoms with van der Waals surface area (Å²) in [5, 5.41) is 2.73. The van der Waals surface area contributed by atoms with Crippen molar-refractivity contribution in [2.24, 2.45) is 0 Å². The number of nitrogens with one attached hydrogen (secondary N) is 1. The number of carbonyl (C=O) groups excluding carboxylic acids is 1. The topological polar surface area (TPSA) is 50.8 Å². The van der Waals surface area contributed by atoms with E-state index in [2.05, 4.69) is 31.0 Å². The lowest BCUT2D eigenvalue weighted by Gasteiger charge is -2.17. The van der Waals surface area contributed by atoms with Crippen molar-refractivity contribution in [1.82, 2.24) is 4.90 Å².